The van der Waals surface area contributed by atoms with E-state index in [-0.39, 0.29) is 12.0 Å². The summed E-state index contributed by atoms with van der Waals surface area (Å²) in [7, 11) is 1.24. The Bertz CT molecular complexity index is 1270. The molecular weight excluding hydrogens is 422 g/mol. The third kappa shape index (κ3) is 4.94. The number of nitrogens with zero attached hydrogens (tertiary/aromatic N) is 3. The van der Waals surface area contributed by atoms with Crippen molar-refractivity contribution in [1.82, 2.24) is 25.6 Å². The number of amides is 2. The Morgan fingerprint density at radius 3 is 2.52 bits per heavy atom. The summed E-state index contributed by atoms with van der Waals surface area (Å²) >= 11 is 0. The van der Waals surface area contributed by atoms with Crippen LogP contribution in [0.5, 0.6) is 0 Å². The molecule has 2 N–H and O–H groups in total. The molecule has 2 aromatic carbocycles. The van der Waals surface area contributed by atoms with Crippen LogP contribution >= 0.6 is 0 Å². The van der Waals surface area contributed by atoms with Crippen molar-refractivity contribution in [3.05, 3.63) is 90.3 Å². The predicted octanol–water partition coefficient (Wildman–Crippen LogP) is 2.53. The summed E-state index contributed by atoms with van der Waals surface area (Å²) in [6, 6.07) is 19.1. The first-order chi connectivity index (χ1) is 16.1. The van der Waals surface area contributed by atoms with Crippen molar-refractivity contribution in [3.63, 3.8) is 0 Å². The zero-order chi connectivity index (χ0) is 23.2. The molecule has 0 fully saturated rings. The Labute approximate surface area is 189 Å². The molecule has 33 heavy (non-hydrogen) atoms. The van der Waals surface area contributed by atoms with E-state index >= 15 is 0 Å². The molecule has 0 saturated carbocycles. The summed E-state index contributed by atoms with van der Waals surface area (Å²) < 4.78 is 1.55. The van der Waals surface area contributed by atoms with Crippen molar-refractivity contribution in [2.24, 2.45) is 0 Å². The molecule has 0 aliphatic carbocycles. The lowest BCUT2D eigenvalue weighted by molar-refractivity contribution is -0.144. The molecule has 166 valence electrons. The van der Waals surface area contributed by atoms with E-state index in [1.165, 1.54) is 7.11 Å². The van der Waals surface area contributed by atoms with Crippen molar-refractivity contribution in [1.29, 1.82) is 0 Å². The number of benzene rings is 2. The van der Waals surface area contributed by atoms with E-state index in [0.29, 0.717) is 11.4 Å². The fourth-order valence-corrected chi connectivity index (χ4v) is 3.43. The van der Waals surface area contributed by atoms with Gasteiger partial charge in [0.2, 0.25) is 5.78 Å². The standard InChI is InChI=1S/C24H21N5O4/c1-33-28-24(32)21(30)14-20(16-8-3-2-4-9-16)26-23(31)18-11-7-13-25-22(18)29-15-17-10-5-6-12-19(17)27-29/h2-13,15,20H,14H2,1H3,(H,26,31)(H,28,32). The van der Waals surface area contributed by atoms with Crippen LogP contribution in [-0.4, -0.2) is 39.5 Å². The van der Waals surface area contributed by atoms with E-state index in [2.05, 4.69) is 20.2 Å². The third-order valence-electron chi connectivity index (χ3n) is 5.01. The van der Waals surface area contributed by atoms with Crippen LogP contribution in [0.15, 0.2) is 79.1 Å². The van der Waals surface area contributed by atoms with E-state index in [9.17, 15) is 14.4 Å². The Hall–Kier alpha value is -4.37. The Balaban J connectivity index is 1.63. The maximum Gasteiger partial charge on any atom is 0.310 e. The van der Waals surface area contributed by atoms with E-state index in [1.807, 2.05) is 35.8 Å². The Morgan fingerprint density at radius 1 is 1.00 bits per heavy atom. The highest BCUT2D eigenvalue weighted by molar-refractivity contribution is 6.36. The van der Waals surface area contributed by atoms with E-state index in [1.54, 1.807) is 53.5 Å². The lowest BCUT2D eigenvalue weighted by Crippen LogP contribution is -2.36. The molecular formula is C24H21N5O4. The highest BCUT2D eigenvalue weighted by Crippen LogP contribution is 2.21. The summed E-state index contributed by atoms with van der Waals surface area (Å²) in [5.41, 5.74) is 3.74. The van der Waals surface area contributed by atoms with Crippen LogP contribution in [0.2, 0.25) is 0 Å². The van der Waals surface area contributed by atoms with Gasteiger partial charge in [-0.1, -0.05) is 48.5 Å². The van der Waals surface area contributed by atoms with Gasteiger partial charge < -0.3 is 5.32 Å². The van der Waals surface area contributed by atoms with Crippen LogP contribution in [0.4, 0.5) is 0 Å². The molecule has 0 spiro atoms. The minimum atomic E-state index is -0.891. The number of hydroxylamine groups is 1. The molecule has 0 aliphatic heterocycles. The summed E-state index contributed by atoms with van der Waals surface area (Å²) in [6.07, 6.45) is 3.12. The highest BCUT2D eigenvalue weighted by Gasteiger charge is 2.25. The first-order valence-corrected chi connectivity index (χ1v) is 10.2. The van der Waals surface area contributed by atoms with Gasteiger partial charge in [-0.2, -0.15) is 5.10 Å². The molecule has 0 bridgehead atoms. The molecule has 1 atom stereocenters. The zero-order valence-corrected chi connectivity index (χ0v) is 17.8. The number of carbonyl (C=O) groups excluding carboxylic acids is 3. The molecule has 2 heterocycles. The van der Waals surface area contributed by atoms with Crippen LogP contribution in [0.25, 0.3) is 16.7 Å². The Kier molecular flexibility index (Phi) is 6.51. The Morgan fingerprint density at radius 2 is 1.76 bits per heavy atom. The summed E-state index contributed by atoms with van der Waals surface area (Å²) in [5.74, 6) is -1.72. The van der Waals surface area contributed by atoms with Gasteiger partial charge in [0.25, 0.3) is 5.91 Å². The molecule has 4 aromatic rings. The number of nitrogens with one attached hydrogen (secondary N) is 2. The number of Topliss-reactive ketones (excluding diaryl/α,β-unsaturated/α-hetero) is 1. The predicted molar refractivity (Wildman–Crippen MR) is 120 cm³/mol. The quantitative estimate of drug-likeness (QED) is 0.319. The lowest BCUT2D eigenvalue weighted by Gasteiger charge is -2.19. The van der Waals surface area contributed by atoms with Crippen molar-refractivity contribution in [2.45, 2.75) is 12.5 Å². The van der Waals surface area contributed by atoms with E-state index in [0.717, 1.165) is 10.9 Å². The van der Waals surface area contributed by atoms with Crippen LogP contribution in [0.3, 0.4) is 0 Å². The first-order valence-electron chi connectivity index (χ1n) is 10.2. The smallest absolute Gasteiger partial charge is 0.310 e. The molecule has 9 nitrogen and oxygen atoms in total. The van der Waals surface area contributed by atoms with Gasteiger partial charge in [0.15, 0.2) is 5.82 Å². The molecule has 0 aliphatic rings. The van der Waals surface area contributed by atoms with Crippen molar-refractivity contribution in [3.8, 4) is 5.82 Å². The second kappa shape index (κ2) is 9.84. The van der Waals surface area contributed by atoms with Gasteiger partial charge in [-0.25, -0.2) is 15.1 Å². The van der Waals surface area contributed by atoms with Gasteiger partial charge in [0, 0.05) is 24.2 Å². The number of ketones is 1. The van der Waals surface area contributed by atoms with Gasteiger partial charge in [-0.05, 0) is 23.8 Å². The maximum atomic E-state index is 13.3. The topological polar surface area (TPSA) is 115 Å². The van der Waals surface area contributed by atoms with Gasteiger partial charge in [-0.3, -0.25) is 19.2 Å². The number of pyridine rings is 1. The fraction of sp³-hybridized carbons (Fsp3) is 0.125. The molecule has 9 heteroatoms. The van der Waals surface area contributed by atoms with Crippen molar-refractivity contribution >= 4 is 28.5 Å². The van der Waals surface area contributed by atoms with Gasteiger partial charge in [0.1, 0.15) is 0 Å². The molecule has 4 rings (SSSR count). The van der Waals surface area contributed by atoms with Gasteiger partial charge in [0.05, 0.1) is 24.2 Å². The summed E-state index contributed by atoms with van der Waals surface area (Å²) in [6.45, 7) is 0. The van der Waals surface area contributed by atoms with Crippen molar-refractivity contribution in [2.75, 3.05) is 7.11 Å². The summed E-state index contributed by atoms with van der Waals surface area (Å²) in [5, 5.41) is 8.28. The SMILES string of the molecule is CONC(=O)C(=O)CC(NC(=O)c1cccnc1-n1cc2ccccc2n1)c1ccccc1. The fourth-order valence-electron chi connectivity index (χ4n) is 3.43. The lowest BCUT2D eigenvalue weighted by atomic mass is 10.0. The summed E-state index contributed by atoms with van der Waals surface area (Å²) in [4.78, 5) is 46.4. The van der Waals surface area contributed by atoms with Crippen LogP contribution in [-0.2, 0) is 14.4 Å². The normalized spacial score (nSPS) is 11.7. The first kappa shape index (κ1) is 21.8. The number of hydrogen-bond donors (Lipinski definition) is 2. The number of hydrogen-bond acceptors (Lipinski definition) is 6. The minimum Gasteiger partial charge on any atom is -0.345 e. The van der Waals surface area contributed by atoms with Crippen LogP contribution in [0.1, 0.15) is 28.4 Å². The average molecular weight is 443 g/mol. The van der Waals surface area contributed by atoms with E-state index in [4.69, 9.17) is 0 Å². The second-order valence-electron chi connectivity index (χ2n) is 7.21. The minimum absolute atomic E-state index is 0.244. The number of aromatic nitrogens is 3. The monoisotopic (exact) mass is 443 g/mol. The van der Waals surface area contributed by atoms with E-state index < -0.39 is 23.6 Å². The molecule has 1 unspecified atom stereocenters. The highest BCUT2D eigenvalue weighted by atomic mass is 16.6. The van der Waals surface area contributed by atoms with Gasteiger partial charge in [-0.15, -0.1) is 0 Å². The third-order valence-corrected chi connectivity index (χ3v) is 5.01. The molecule has 2 amide bonds. The number of carbonyl (C=O) groups is 3. The largest absolute Gasteiger partial charge is 0.345 e. The van der Waals surface area contributed by atoms with Crippen LogP contribution < -0.4 is 10.8 Å². The van der Waals surface area contributed by atoms with Crippen molar-refractivity contribution < 1.29 is 19.2 Å². The van der Waals surface area contributed by atoms with Crippen LogP contribution in [0, 0.1) is 0 Å². The second-order valence-corrected chi connectivity index (χ2v) is 7.21. The van der Waals surface area contributed by atoms with Gasteiger partial charge >= 0.3 is 5.91 Å². The average Bonchev–Trinajstić information content (AvgIpc) is 3.28. The molecule has 2 aromatic heterocycles. The maximum absolute atomic E-state index is 13.3. The number of fused-ring (bicyclic) bond motifs is 1. The molecule has 0 saturated heterocycles. The molecule has 0 radical (unpaired) electrons. The number of rotatable bonds is 8. The zero-order valence-electron chi connectivity index (χ0n) is 17.8.